The van der Waals surface area contributed by atoms with Gasteiger partial charge in [-0.05, 0) is 53.4 Å². The second-order valence-electron chi connectivity index (χ2n) is 8.72. The van der Waals surface area contributed by atoms with Crippen LogP contribution in [0.25, 0.3) is 0 Å². The zero-order valence-corrected chi connectivity index (χ0v) is 20.3. The molecule has 1 aliphatic heterocycles. The van der Waals surface area contributed by atoms with E-state index in [9.17, 15) is 14.7 Å². The van der Waals surface area contributed by atoms with Gasteiger partial charge in [-0.2, -0.15) is 0 Å². The molecule has 0 saturated carbocycles. The van der Waals surface area contributed by atoms with E-state index in [1.54, 1.807) is 42.4 Å². The van der Waals surface area contributed by atoms with E-state index in [0.29, 0.717) is 29.4 Å². The molecule has 3 aromatic carbocycles. The van der Waals surface area contributed by atoms with Gasteiger partial charge in [0.05, 0.1) is 12.8 Å². The van der Waals surface area contributed by atoms with Gasteiger partial charge in [0.2, 0.25) is 5.91 Å². The third-order valence-electron chi connectivity index (χ3n) is 6.14. The number of hydrogen-bond acceptors (Lipinski definition) is 6. The maximum Gasteiger partial charge on any atom is 0.291 e. The molecule has 37 heavy (non-hydrogen) atoms. The predicted octanol–water partition coefficient (Wildman–Crippen LogP) is 4.42. The molecule has 186 valence electrons. The van der Waals surface area contributed by atoms with Crippen LogP contribution < -0.4 is 15.4 Å². The van der Waals surface area contributed by atoms with Crippen molar-refractivity contribution in [1.82, 2.24) is 9.55 Å². The highest BCUT2D eigenvalue weighted by Crippen LogP contribution is 2.34. The molecule has 3 N–H and O–H groups in total. The molecule has 2 heterocycles. The number of hydrogen-bond donors (Lipinski definition) is 3. The number of phenolic OH excluding ortho intramolecular Hbond substituents is 1. The van der Waals surface area contributed by atoms with Gasteiger partial charge < -0.3 is 25.0 Å². The van der Waals surface area contributed by atoms with Gasteiger partial charge in [0, 0.05) is 43.1 Å². The molecular formula is C28H25N5O4. The Morgan fingerprint density at radius 2 is 2.03 bits per heavy atom. The summed E-state index contributed by atoms with van der Waals surface area (Å²) in [6.07, 6.45) is 5.50. The summed E-state index contributed by atoms with van der Waals surface area (Å²) in [5.41, 5.74) is 4.80. The molecule has 0 radical (unpaired) electrons. The van der Waals surface area contributed by atoms with E-state index in [4.69, 9.17) is 4.74 Å². The fourth-order valence-corrected chi connectivity index (χ4v) is 4.28. The first-order valence-corrected chi connectivity index (χ1v) is 11.6. The first kappa shape index (κ1) is 23.8. The number of rotatable bonds is 7. The largest absolute Gasteiger partial charge is 0.504 e. The third-order valence-corrected chi connectivity index (χ3v) is 6.14. The normalized spacial score (nSPS) is 14.4. The molecule has 1 unspecified atom stereocenters. The lowest BCUT2D eigenvalue weighted by Crippen LogP contribution is -2.16. The van der Waals surface area contributed by atoms with Gasteiger partial charge in [0.25, 0.3) is 5.91 Å². The van der Waals surface area contributed by atoms with Crippen molar-refractivity contribution in [3.8, 4) is 11.5 Å². The molecule has 2 amide bonds. The van der Waals surface area contributed by atoms with Crippen molar-refractivity contribution in [3.63, 3.8) is 0 Å². The zero-order chi connectivity index (χ0) is 25.9. The van der Waals surface area contributed by atoms with Crippen molar-refractivity contribution in [1.29, 1.82) is 0 Å². The summed E-state index contributed by atoms with van der Waals surface area (Å²) in [7, 11) is 3.24. The van der Waals surface area contributed by atoms with E-state index < -0.39 is 5.92 Å². The molecule has 9 nitrogen and oxygen atoms in total. The number of carbonyl (C=O) groups excluding carboxylic acids is 2. The van der Waals surface area contributed by atoms with Gasteiger partial charge in [0.1, 0.15) is 5.92 Å². The van der Waals surface area contributed by atoms with Crippen LogP contribution in [0, 0.1) is 0 Å². The quantitative estimate of drug-likeness (QED) is 0.328. The van der Waals surface area contributed by atoms with Crippen LogP contribution in [-0.4, -0.2) is 39.8 Å². The highest BCUT2D eigenvalue weighted by Gasteiger charge is 2.29. The van der Waals surface area contributed by atoms with Gasteiger partial charge in [-0.1, -0.05) is 24.3 Å². The monoisotopic (exact) mass is 495 g/mol. The number of benzene rings is 3. The maximum absolute atomic E-state index is 12.6. The van der Waals surface area contributed by atoms with Crippen molar-refractivity contribution in [2.45, 2.75) is 12.3 Å². The van der Waals surface area contributed by atoms with Crippen LogP contribution in [0.15, 0.2) is 78.0 Å². The lowest BCUT2D eigenvalue weighted by molar-refractivity contribution is -0.115. The minimum absolute atomic E-state index is 0.0194. The molecule has 0 saturated heterocycles. The summed E-state index contributed by atoms with van der Waals surface area (Å²) >= 11 is 0. The van der Waals surface area contributed by atoms with Gasteiger partial charge in [-0.15, -0.1) is 0 Å². The van der Waals surface area contributed by atoms with Crippen LogP contribution in [0.5, 0.6) is 11.5 Å². The SMILES string of the molecule is COc1ccc(N=CC2C(=O)Nc3ccc(Cc4cccc(NC(=O)c5nccn5C)c4)cc32)cc1O. The Balaban J connectivity index is 1.33. The van der Waals surface area contributed by atoms with Crippen LogP contribution in [0.4, 0.5) is 17.1 Å². The maximum atomic E-state index is 12.6. The molecule has 1 aliphatic rings. The van der Waals surface area contributed by atoms with E-state index in [-0.39, 0.29) is 17.6 Å². The highest BCUT2D eigenvalue weighted by atomic mass is 16.5. The lowest BCUT2D eigenvalue weighted by Gasteiger charge is -2.09. The van der Waals surface area contributed by atoms with E-state index in [1.165, 1.54) is 13.2 Å². The van der Waals surface area contributed by atoms with Gasteiger partial charge in [0.15, 0.2) is 17.3 Å². The first-order valence-electron chi connectivity index (χ1n) is 11.6. The molecule has 9 heteroatoms. The summed E-state index contributed by atoms with van der Waals surface area (Å²) < 4.78 is 6.72. The van der Waals surface area contributed by atoms with Gasteiger partial charge in [-0.3, -0.25) is 14.6 Å². The number of aryl methyl sites for hydroxylation is 1. The second-order valence-corrected chi connectivity index (χ2v) is 8.72. The zero-order valence-electron chi connectivity index (χ0n) is 20.3. The van der Waals surface area contributed by atoms with Crippen molar-refractivity contribution in [2.75, 3.05) is 17.7 Å². The molecule has 1 aromatic heterocycles. The minimum Gasteiger partial charge on any atom is -0.504 e. The summed E-state index contributed by atoms with van der Waals surface area (Å²) in [5.74, 6) is -0.324. The molecule has 0 spiro atoms. The Kier molecular flexibility index (Phi) is 6.42. The van der Waals surface area contributed by atoms with Crippen LogP contribution in [0.2, 0.25) is 0 Å². The van der Waals surface area contributed by atoms with E-state index in [0.717, 1.165) is 22.4 Å². The topological polar surface area (TPSA) is 118 Å². The van der Waals surface area contributed by atoms with Crippen LogP contribution in [0.1, 0.15) is 33.2 Å². The highest BCUT2D eigenvalue weighted by molar-refractivity contribution is 6.12. The number of ether oxygens (including phenoxy) is 1. The number of aliphatic imine (C=N–C) groups is 1. The Morgan fingerprint density at radius 1 is 1.19 bits per heavy atom. The van der Waals surface area contributed by atoms with Crippen LogP contribution >= 0.6 is 0 Å². The van der Waals surface area contributed by atoms with Crippen LogP contribution in [0.3, 0.4) is 0 Å². The molecule has 0 aliphatic carbocycles. The summed E-state index contributed by atoms with van der Waals surface area (Å²) in [4.78, 5) is 33.6. The smallest absolute Gasteiger partial charge is 0.291 e. The van der Waals surface area contributed by atoms with Crippen molar-refractivity contribution < 1.29 is 19.4 Å². The number of imidazole rings is 1. The number of carbonyl (C=O) groups is 2. The molecule has 0 bridgehead atoms. The Labute approximate surface area is 213 Å². The summed E-state index contributed by atoms with van der Waals surface area (Å²) in [6.45, 7) is 0. The second kappa shape index (κ2) is 9.98. The number of nitrogens with zero attached hydrogens (tertiary/aromatic N) is 3. The van der Waals surface area contributed by atoms with Crippen molar-refractivity contribution >= 4 is 35.1 Å². The number of nitrogens with one attached hydrogen (secondary N) is 2. The van der Waals surface area contributed by atoms with Gasteiger partial charge >= 0.3 is 0 Å². The Hall–Kier alpha value is -4.92. The van der Waals surface area contributed by atoms with Crippen LogP contribution in [-0.2, 0) is 18.3 Å². The van der Waals surface area contributed by atoms with Gasteiger partial charge in [-0.25, -0.2) is 4.98 Å². The molecule has 1 atom stereocenters. The number of fused-ring (bicyclic) bond motifs is 1. The molecular weight excluding hydrogens is 470 g/mol. The average molecular weight is 496 g/mol. The number of anilines is 2. The minimum atomic E-state index is -0.553. The van der Waals surface area contributed by atoms with E-state index in [2.05, 4.69) is 20.6 Å². The molecule has 5 rings (SSSR count). The predicted molar refractivity (Wildman–Crippen MR) is 141 cm³/mol. The summed E-state index contributed by atoms with van der Waals surface area (Å²) in [5, 5.41) is 15.8. The fraction of sp³-hybridized carbons (Fsp3) is 0.143. The fourth-order valence-electron chi connectivity index (χ4n) is 4.28. The molecule has 4 aromatic rings. The number of aromatic hydroxyl groups is 1. The Morgan fingerprint density at radius 3 is 2.78 bits per heavy atom. The third kappa shape index (κ3) is 5.06. The molecule has 0 fully saturated rings. The number of methoxy groups -OCH3 is 1. The summed E-state index contributed by atoms with van der Waals surface area (Å²) in [6, 6.07) is 18.3. The standard InChI is InChI=1S/C28H25N5O4/c1-33-11-10-29-26(33)28(36)31-20-5-3-4-17(13-20)12-18-6-8-23-21(14-18)22(27(35)32-23)16-30-19-7-9-25(37-2)24(34)15-19/h3-11,13-16,22,34H,12H2,1-2H3,(H,31,36)(H,32,35). The number of amides is 2. The average Bonchev–Trinajstić information content (AvgIpc) is 3.45. The number of aromatic nitrogens is 2. The van der Waals surface area contributed by atoms with Crippen molar-refractivity contribution in [2.24, 2.45) is 12.0 Å². The number of phenols is 1. The van der Waals surface area contributed by atoms with E-state index >= 15 is 0 Å². The van der Waals surface area contributed by atoms with Crippen molar-refractivity contribution in [3.05, 3.63) is 95.6 Å². The van der Waals surface area contributed by atoms with E-state index in [1.807, 2.05) is 42.5 Å². The lowest BCUT2D eigenvalue weighted by atomic mass is 9.96. The first-order chi connectivity index (χ1) is 17.9. The Bertz CT molecular complexity index is 1520.